The lowest BCUT2D eigenvalue weighted by Gasteiger charge is -2.24. The summed E-state index contributed by atoms with van der Waals surface area (Å²) in [5.41, 5.74) is 3.07. The van der Waals surface area contributed by atoms with Crippen LogP contribution in [0.25, 0.3) is 11.5 Å². The van der Waals surface area contributed by atoms with Gasteiger partial charge in [-0.05, 0) is 36.6 Å². The van der Waals surface area contributed by atoms with E-state index >= 15 is 0 Å². The van der Waals surface area contributed by atoms with Crippen LogP contribution in [0, 0.1) is 0 Å². The Labute approximate surface area is 162 Å². The average molecular weight is 380 g/mol. The summed E-state index contributed by atoms with van der Waals surface area (Å²) in [5, 5.41) is 0.612. The predicted octanol–water partition coefficient (Wildman–Crippen LogP) is 4.86. The monoisotopic (exact) mass is 379 g/mol. The Balaban J connectivity index is 1.52. The van der Waals surface area contributed by atoms with Crippen molar-refractivity contribution in [2.24, 2.45) is 0 Å². The highest BCUT2D eigenvalue weighted by Crippen LogP contribution is 2.52. The molecule has 136 valence electrons. The minimum absolute atomic E-state index is 0.0197. The number of carbonyl (C=O) groups excluding carboxylic acids is 1. The van der Waals surface area contributed by atoms with Crippen LogP contribution in [0.2, 0.25) is 5.02 Å². The largest absolute Gasteiger partial charge is 0.444 e. The van der Waals surface area contributed by atoms with Gasteiger partial charge in [0.15, 0.2) is 5.69 Å². The zero-order chi connectivity index (χ0) is 18.4. The number of para-hydroxylation sites is 1. The molecule has 0 N–H and O–H groups in total. The van der Waals surface area contributed by atoms with Gasteiger partial charge in [0.05, 0.1) is 16.3 Å². The van der Waals surface area contributed by atoms with Gasteiger partial charge in [0.25, 0.3) is 5.91 Å². The van der Waals surface area contributed by atoms with Crippen molar-refractivity contribution in [3.05, 3.63) is 65.3 Å². The van der Waals surface area contributed by atoms with Gasteiger partial charge in [0, 0.05) is 24.4 Å². The van der Waals surface area contributed by atoms with Gasteiger partial charge < -0.3 is 9.32 Å². The quantitative estimate of drug-likeness (QED) is 0.637. The molecule has 3 aromatic rings. The summed E-state index contributed by atoms with van der Waals surface area (Å²) >= 11 is 6.51. The summed E-state index contributed by atoms with van der Waals surface area (Å²) in [5.74, 6) is 0.215. The van der Waals surface area contributed by atoms with Crippen molar-refractivity contribution in [3.8, 4) is 11.5 Å². The minimum atomic E-state index is -0.174. The zero-order valence-electron chi connectivity index (χ0n) is 14.7. The molecule has 5 rings (SSSR count). The lowest BCUT2D eigenvalue weighted by Crippen LogP contribution is -2.35. The third-order valence-electron chi connectivity index (χ3n) is 5.73. The number of fused-ring (bicyclic) bond motifs is 2. The fourth-order valence-electron chi connectivity index (χ4n) is 4.47. The second-order valence-corrected chi connectivity index (χ2v) is 7.70. The lowest BCUT2D eigenvalue weighted by molar-refractivity contribution is 0.0980. The number of hydrogen-bond acceptors (Lipinski definition) is 4. The zero-order valence-corrected chi connectivity index (χ0v) is 15.4. The first kappa shape index (κ1) is 16.5. The number of carbonyl (C=O) groups is 1. The number of aromatic nitrogens is 2. The first-order valence-electron chi connectivity index (χ1n) is 9.15. The van der Waals surface area contributed by atoms with E-state index in [1.807, 2.05) is 18.2 Å². The number of halogens is 1. The van der Waals surface area contributed by atoms with Gasteiger partial charge in [0.2, 0.25) is 5.89 Å². The Kier molecular flexibility index (Phi) is 3.79. The second kappa shape index (κ2) is 6.20. The number of anilines is 1. The van der Waals surface area contributed by atoms with Gasteiger partial charge in [-0.25, -0.2) is 4.98 Å². The highest BCUT2D eigenvalue weighted by atomic mass is 35.5. The summed E-state index contributed by atoms with van der Waals surface area (Å²) in [6, 6.07) is 9.60. The van der Waals surface area contributed by atoms with Gasteiger partial charge in [0.1, 0.15) is 6.26 Å². The van der Waals surface area contributed by atoms with Crippen LogP contribution < -0.4 is 4.90 Å². The fraction of sp³-hybridized carbons (Fsp3) is 0.286. The number of nitrogens with zero attached hydrogens (tertiary/aromatic N) is 3. The van der Waals surface area contributed by atoms with Crippen molar-refractivity contribution in [2.45, 2.75) is 31.1 Å². The van der Waals surface area contributed by atoms with Crippen LogP contribution in [-0.2, 0) is 5.41 Å². The van der Waals surface area contributed by atoms with E-state index < -0.39 is 0 Å². The molecule has 5 nitrogen and oxygen atoms in total. The molecule has 1 aliphatic carbocycles. The van der Waals surface area contributed by atoms with E-state index in [-0.39, 0.29) is 17.0 Å². The maximum atomic E-state index is 13.3. The molecular formula is C21H18ClN3O2. The Morgan fingerprint density at radius 2 is 2.04 bits per heavy atom. The summed E-state index contributed by atoms with van der Waals surface area (Å²) in [6.45, 7) is 0.653. The number of oxazole rings is 1. The van der Waals surface area contributed by atoms with Gasteiger partial charge in [-0.3, -0.25) is 9.78 Å². The first-order chi connectivity index (χ1) is 13.2. The summed E-state index contributed by atoms with van der Waals surface area (Å²) < 4.78 is 5.54. The van der Waals surface area contributed by atoms with E-state index in [1.54, 1.807) is 23.4 Å². The van der Waals surface area contributed by atoms with Crippen LogP contribution in [-0.4, -0.2) is 22.4 Å². The topological polar surface area (TPSA) is 59.2 Å². The molecule has 0 radical (unpaired) electrons. The third kappa shape index (κ3) is 2.57. The molecule has 2 aliphatic rings. The molecular weight excluding hydrogens is 362 g/mol. The molecule has 0 bridgehead atoms. The van der Waals surface area contributed by atoms with Gasteiger partial charge in [-0.2, -0.15) is 0 Å². The molecule has 1 amide bonds. The van der Waals surface area contributed by atoms with Crippen LogP contribution in [0.1, 0.15) is 41.7 Å². The molecule has 0 atom stereocenters. The summed E-state index contributed by atoms with van der Waals surface area (Å²) in [4.78, 5) is 23.5. The Morgan fingerprint density at radius 1 is 1.19 bits per heavy atom. The molecule has 1 aliphatic heterocycles. The molecule has 2 aromatic heterocycles. The first-order valence-corrected chi connectivity index (χ1v) is 9.53. The SMILES string of the molecule is O=C(c1coc(-c2cccnc2)n1)N1CC2(CCCC2)c2cccc(Cl)c21. The number of hydrogen-bond donors (Lipinski definition) is 0. The molecule has 0 saturated heterocycles. The Bertz CT molecular complexity index is 1010. The van der Waals surface area contributed by atoms with Crippen molar-refractivity contribution in [1.82, 2.24) is 9.97 Å². The van der Waals surface area contributed by atoms with Crippen LogP contribution in [0.15, 0.2) is 53.4 Å². The maximum absolute atomic E-state index is 13.3. The van der Waals surface area contributed by atoms with Crippen LogP contribution in [0.5, 0.6) is 0 Å². The number of benzene rings is 1. The smallest absolute Gasteiger partial charge is 0.280 e. The Hall–Kier alpha value is -2.66. The summed E-state index contributed by atoms with van der Waals surface area (Å²) in [6.07, 6.45) is 9.30. The van der Waals surface area contributed by atoms with Crippen molar-refractivity contribution in [2.75, 3.05) is 11.4 Å². The van der Waals surface area contributed by atoms with E-state index in [9.17, 15) is 4.79 Å². The molecule has 0 unspecified atom stereocenters. The van der Waals surface area contributed by atoms with Crippen molar-refractivity contribution < 1.29 is 9.21 Å². The van der Waals surface area contributed by atoms with Crippen LogP contribution >= 0.6 is 11.6 Å². The lowest BCUT2D eigenvalue weighted by atomic mass is 9.81. The Morgan fingerprint density at radius 3 is 2.81 bits per heavy atom. The van der Waals surface area contributed by atoms with E-state index in [2.05, 4.69) is 16.0 Å². The minimum Gasteiger partial charge on any atom is -0.444 e. The van der Waals surface area contributed by atoms with E-state index in [4.69, 9.17) is 16.0 Å². The number of pyridine rings is 1. The van der Waals surface area contributed by atoms with Gasteiger partial charge >= 0.3 is 0 Å². The van der Waals surface area contributed by atoms with E-state index in [0.717, 1.165) is 24.1 Å². The van der Waals surface area contributed by atoms with Crippen molar-refractivity contribution in [1.29, 1.82) is 0 Å². The maximum Gasteiger partial charge on any atom is 0.280 e. The molecule has 1 saturated carbocycles. The number of amides is 1. The third-order valence-corrected chi connectivity index (χ3v) is 6.03. The molecule has 3 heterocycles. The molecule has 6 heteroatoms. The van der Waals surface area contributed by atoms with Crippen molar-refractivity contribution >= 4 is 23.2 Å². The van der Waals surface area contributed by atoms with Crippen LogP contribution in [0.4, 0.5) is 5.69 Å². The molecule has 27 heavy (non-hydrogen) atoms. The predicted molar refractivity (Wildman–Crippen MR) is 103 cm³/mol. The molecule has 1 fully saturated rings. The number of rotatable bonds is 2. The van der Waals surface area contributed by atoms with Gasteiger partial charge in [-0.1, -0.05) is 36.6 Å². The standard InChI is InChI=1S/C21H18ClN3O2/c22-16-7-3-6-15-18(16)25(13-21(15)8-1-2-9-21)20(26)17-12-27-19(24-17)14-5-4-10-23-11-14/h3-7,10-12H,1-2,8-9,13H2. The summed E-state index contributed by atoms with van der Waals surface area (Å²) in [7, 11) is 0. The fourth-order valence-corrected chi connectivity index (χ4v) is 4.75. The van der Waals surface area contributed by atoms with Crippen LogP contribution in [0.3, 0.4) is 0 Å². The molecule has 1 aromatic carbocycles. The average Bonchev–Trinajstić information content (AvgIpc) is 3.43. The van der Waals surface area contributed by atoms with Crippen molar-refractivity contribution in [3.63, 3.8) is 0 Å². The normalized spacial score (nSPS) is 17.4. The van der Waals surface area contributed by atoms with Gasteiger partial charge in [-0.15, -0.1) is 0 Å². The van der Waals surface area contributed by atoms with E-state index in [0.29, 0.717) is 17.5 Å². The van der Waals surface area contributed by atoms with E-state index in [1.165, 1.54) is 24.7 Å². The second-order valence-electron chi connectivity index (χ2n) is 7.29. The molecule has 1 spiro atoms. The highest BCUT2D eigenvalue weighted by Gasteiger charge is 2.47. The highest BCUT2D eigenvalue weighted by molar-refractivity contribution is 6.34.